The average molecular weight is 570 g/mol. The zero-order valence-corrected chi connectivity index (χ0v) is 22.6. The highest BCUT2D eigenvalue weighted by Crippen LogP contribution is 2.43. The van der Waals surface area contributed by atoms with E-state index < -0.39 is 59.7 Å². The van der Waals surface area contributed by atoms with Gasteiger partial charge in [0, 0.05) is 5.70 Å². The van der Waals surface area contributed by atoms with Gasteiger partial charge in [-0.25, -0.2) is 9.78 Å². The molecule has 2 atom stereocenters. The molecule has 1 aliphatic rings. The number of aliphatic hydroxyl groups excluding tert-OH is 2. The molecule has 1 aromatic rings. The highest BCUT2D eigenvalue weighted by atomic mass is 32.2. The number of nitriles is 1. The normalized spacial score (nSPS) is 18.6. The van der Waals surface area contributed by atoms with Crippen molar-refractivity contribution >= 4 is 35.3 Å². The molecular formula is C25H30F3N5O5S. The van der Waals surface area contributed by atoms with E-state index >= 15 is 0 Å². The number of nitrogens with zero attached hydrogens (tertiary/aromatic N) is 4. The monoisotopic (exact) mass is 569 g/mol. The minimum absolute atomic E-state index is 0.0276. The summed E-state index contributed by atoms with van der Waals surface area (Å²) in [6.45, 7) is 7.18. The second kappa shape index (κ2) is 13.0. The first kappa shape index (κ1) is 31.7. The molecule has 2 unspecified atom stereocenters. The van der Waals surface area contributed by atoms with Gasteiger partial charge in [0.15, 0.2) is 5.50 Å². The van der Waals surface area contributed by atoms with Gasteiger partial charge in [0.2, 0.25) is 0 Å². The number of hydrogen-bond acceptors (Lipinski definition) is 9. The number of halogens is 3. The van der Waals surface area contributed by atoms with Crippen molar-refractivity contribution < 1.29 is 37.7 Å². The number of pyridine rings is 1. The Bertz CT molecular complexity index is 1180. The quantitative estimate of drug-likeness (QED) is 0.283. The molecule has 0 bridgehead atoms. The van der Waals surface area contributed by atoms with Gasteiger partial charge >= 0.3 is 12.3 Å². The largest absolute Gasteiger partial charge is 0.446 e. The average Bonchev–Trinajstić information content (AvgIpc) is 3.09. The van der Waals surface area contributed by atoms with Gasteiger partial charge in [-0.3, -0.25) is 15.0 Å². The van der Waals surface area contributed by atoms with E-state index in [9.17, 15) is 27.9 Å². The maximum Gasteiger partial charge on any atom is 0.417 e. The summed E-state index contributed by atoms with van der Waals surface area (Å²) in [5, 5.41) is 29.5. The summed E-state index contributed by atoms with van der Waals surface area (Å²) in [5.41, 5.74) is -3.59. The Morgan fingerprint density at radius 2 is 2.10 bits per heavy atom. The molecule has 0 radical (unpaired) electrons. The first-order valence-corrected chi connectivity index (χ1v) is 12.9. The summed E-state index contributed by atoms with van der Waals surface area (Å²) in [7, 11) is 0. The number of allylic oxidation sites excluding steroid dienone is 4. The van der Waals surface area contributed by atoms with E-state index in [2.05, 4.69) is 16.9 Å². The van der Waals surface area contributed by atoms with Crippen LogP contribution in [0.4, 0.5) is 29.5 Å². The van der Waals surface area contributed by atoms with Gasteiger partial charge in [0.1, 0.15) is 24.1 Å². The lowest BCUT2D eigenvalue weighted by Gasteiger charge is -2.34. The third-order valence-corrected chi connectivity index (χ3v) is 6.46. The molecule has 2 amide bonds. The van der Waals surface area contributed by atoms with Gasteiger partial charge in [-0.05, 0) is 44.7 Å². The topological polar surface area (TPSA) is 139 Å². The second-order valence-corrected chi connectivity index (χ2v) is 9.70. The van der Waals surface area contributed by atoms with Gasteiger partial charge in [-0.2, -0.15) is 18.4 Å². The number of carbonyl (C=O) groups excluding carboxylic acids is 2. The van der Waals surface area contributed by atoms with Crippen LogP contribution in [0.1, 0.15) is 27.2 Å². The van der Waals surface area contributed by atoms with Crippen molar-refractivity contribution in [3.05, 3.63) is 53.9 Å². The van der Waals surface area contributed by atoms with Crippen molar-refractivity contribution in [1.29, 1.82) is 5.26 Å². The first-order chi connectivity index (χ1) is 18.2. The van der Waals surface area contributed by atoms with E-state index in [1.165, 1.54) is 41.1 Å². The fourth-order valence-electron chi connectivity index (χ4n) is 3.75. The summed E-state index contributed by atoms with van der Waals surface area (Å²) in [4.78, 5) is 32.6. The number of carbonyl (C=O) groups is 2. The molecule has 0 saturated carbocycles. The molecule has 1 aliphatic heterocycles. The predicted molar refractivity (Wildman–Crippen MR) is 140 cm³/mol. The van der Waals surface area contributed by atoms with Crippen LogP contribution in [0.5, 0.6) is 0 Å². The van der Waals surface area contributed by atoms with Gasteiger partial charge in [0.05, 0.1) is 35.7 Å². The van der Waals surface area contributed by atoms with E-state index in [4.69, 9.17) is 15.1 Å². The van der Waals surface area contributed by atoms with E-state index in [0.29, 0.717) is 12.1 Å². The standard InChI is InChI=1S/C25H30F3N5O5S/c1-6-7-16(10-19(15(2)11-29)25(26,27)28)32-21(36)24(3,4)33(23(32)39-5)17-8-9-20(30-12-17)31-22(37)38-14-18(35)13-34/h7-10,12,18,23,34-35H,2,6,13-14H2,1,3-5H3,(H,30,31,37)/b16-7+,19-10+. The third kappa shape index (κ3) is 7.31. The summed E-state index contributed by atoms with van der Waals surface area (Å²) in [6, 6.07) is 4.45. The molecule has 0 spiro atoms. The number of rotatable bonds is 10. The molecule has 2 rings (SSSR count). The van der Waals surface area contributed by atoms with Crippen molar-refractivity contribution in [1.82, 2.24) is 9.88 Å². The van der Waals surface area contributed by atoms with E-state index in [1.54, 1.807) is 38.0 Å². The van der Waals surface area contributed by atoms with Gasteiger partial charge in [-0.15, -0.1) is 11.8 Å². The van der Waals surface area contributed by atoms with Crippen LogP contribution in [-0.2, 0) is 9.53 Å². The fraction of sp³-hybridized carbons (Fsp3) is 0.440. The minimum Gasteiger partial charge on any atom is -0.446 e. The number of thioether (sulfide) groups is 1. The molecule has 2 heterocycles. The minimum atomic E-state index is -4.86. The van der Waals surface area contributed by atoms with Crippen LogP contribution in [0, 0.1) is 11.3 Å². The number of nitrogens with one attached hydrogen (secondary N) is 1. The van der Waals surface area contributed by atoms with E-state index in [0.717, 1.165) is 6.08 Å². The van der Waals surface area contributed by atoms with E-state index in [1.807, 2.05) is 0 Å². The Balaban J connectivity index is 2.45. The van der Waals surface area contributed by atoms with Crippen LogP contribution in [-0.4, -0.2) is 74.9 Å². The Hall–Kier alpha value is -3.54. The third-order valence-electron chi connectivity index (χ3n) is 5.62. The Morgan fingerprint density at radius 1 is 1.44 bits per heavy atom. The Labute approximate surface area is 228 Å². The molecule has 39 heavy (non-hydrogen) atoms. The molecule has 1 fully saturated rings. The molecule has 3 N–H and O–H groups in total. The smallest absolute Gasteiger partial charge is 0.417 e. The molecule has 1 saturated heterocycles. The summed E-state index contributed by atoms with van der Waals surface area (Å²) in [5.74, 6) is -0.377. The van der Waals surface area contributed by atoms with Gasteiger partial charge in [-0.1, -0.05) is 19.6 Å². The van der Waals surface area contributed by atoms with Crippen LogP contribution in [0.15, 0.2) is 53.9 Å². The lowest BCUT2D eigenvalue weighted by atomic mass is 10.0. The van der Waals surface area contributed by atoms with Crippen molar-refractivity contribution in [3.63, 3.8) is 0 Å². The lowest BCUT2D eigenvalue weighted by Crippen LogP contribution is -2.45. The van der Waals surface area contributed by atoms with Crippen molar-refractivity contribution in [2.45, 2.75) is 50.5 Å². The van der Waals surface area contributed by atoms with Gasteiger partial charge in [0.25, 0.3) is 5.91 Å². The number of hydrogen-bond donors (Lipinski definition) is 3. The zero-order valence-electron chi connectivity index (χ0n) is 21.8. The summed E-state index contributed by atoms with van der Waals surface area (Å²) >= 11 is 1.21. The molecule has 1 aromatic heterocycles. The highest BCUT2D eigenvalue weighted by Gasteiger charge is 2.53. The SMILES string of the molecule is C=C(C#N)/C(=C\C(=C/CC)N1C(=O)C(C)(C)N(c2ccc(NC(=O)OCC(O)CO)nc2)C1SC)C(F)(F)F. The van der Waals surface area contributed by atoms with Crippen molar-refractivity contribution in [2.24, 2.45) is 0 Å². The molecule has 14 heteroatoms. The van der Waals surface area contributed by atoms with Crippen molar-refractivity contribution in [3.8, 4) is 6.07 Å². The summed E-state index contributed by atoms with van der Waals surface area (Å²) in [6.07, 6.45) is -1.36. The molecular weight excluding hydrogens is 539 g/mol. The van der Waals surface area contributed by atoms with Crippen molar-refractivity contribution in [2.75, 3.05) is 29.7 Å². The number of aliphatic hydroxyl groups is 2. The molecule has 0 aliphatic carbocycles. The van der Waals surface area contributed by atoms with Crippen LogP contribution in [0.3, 0.4) is 0 Å². The van der Waals surface area contributed by atoms with E-state index in [-0.39, 0.29) is 11.5 Å². The van der Waals surface area contributed by atoms with Crippen LogP contribution in [0.25, 0.3) is 0 Å². The number of anilines is 2. The Kier molecular flexibility index (Phi) is 10.6. The number of alkyl halides is 3. The maximum absolute atomic E-state index is 13.8. The lowest BCUT2D eigenvalue weighted by molar-refractivity contribution is -0.129. The molecule has 10 nitrogen and oxygen atoms in total. The molecule has 212 valence electrons. The maximum atomic E-state index is 13.8. The zero-order chi connectivity index (χ0) is 29.5. The predicted octanol–water partition coefficient (Wildman–Crippen LogP) is 3.92. The highest BCUT2D eigenvalue weighted by molar-refractivity contribution is 7.99. The van der Waals surface area contributed by atoms with Crippen LogP contribution < -0.4 is 10.2 Å². The first-order valence-electron chi connectivity index (χ1n) is 11.7. The van der Waals surface area contributed by atoms with Gasteiger partial charge < -0.3 is 19.8 Å². The Morgan fingerprint density at radius 3 is 2.59 bits per heavy atom. The number of aromatic nitrogens is 1. The molecule has 0 aromatic carbocycles. The number of amides is 2. The van der Waals surface area contributed by atoms with Crippen LogP contribution >= 0.6 is 11.8 Å². The number of ether oxygens (including phenoxy) is 1. The summed E-state index contributed by atoms with van der Waals surface area (Å²) < 4.78 is 46.0. The van der Waals surface area contributed by atoms with Crippen LogP contribution in [0.2, 0.25) is 0 Å². The fourth-order valence-corrected chi connectivity index (χ4v) is 4.77. The second-order valence-electron chi connectivity index (χ2n) is 8.81.